The molecule has 40 heavy (non-hydrogen) atoms. The minimum absolute atomic E-state index is 0.140. The van der Waals surface area contributed by atoms with Gasteiger partial charge in [-0.1, -0.05) is 25.3 Å². The van der Waals surface area contributed by atoms with E-state index < -0.39 is 6.10 Å². The molecular weight excluding hydrogens is 505 g/mol. The maximum absolute atomic E-state index is 14.2. The Morgan fingerprint density at radius 3 is 2.70 bits per heavy atom. The van der Waals surface area contributed by atoms with Crippen LogP contribution in [0.4, 0.5) is 10.1 Å². The minimum Gasteiger partial charge on any atom is -0.390 e. The highest BCUT2D eigenvalue weighted by atomic mass is 19.1. The van der Waals surface area contributed by atoms with Crippen LogP contribution in [0.15, 0.2) is 46.1 Å². The third-order valence-corrected chi connectivity index (χ3v) is 9.15. The Labute approximate surface area is 237 Å². The van der Waals surface area contributed by atoms with E-state index in [2.05, 4.69) is 22.5 Å². The molecule has 1 saturated heterocycles. The van der Waals surface area contributed by atoms with Gasteiger partial charge in [-0.05, 0) is 119 Å². The normalized spacial score (nSPS) is 24.7. The molecule has 7 heteroatoms. The number of amides is 2. The van der Waals surface area contributed by atoms with E-state index in [4.69, 9.17) is 0 Å². The summed E-state index contributed by atoms with van der Waals surface area (Å²) in [6, 6.07) is 4.42. The summed E-state index contributed by atoms with van der Waals surface area (Å²) in [5, 5.41) is 16.8. The number of nitrogens with one attached hydrogen (secondary N) is 2. The topological polar surface area (TPSA) is 81.7 Å². The van der Waals surface area contributed by atoms with Crippen LogP contribution in [0.2, 0.25) is 0 Å². The molecule has 2 unspecified atom stereocenters. The molecule has 2 amide bonds. The monoisotopic (exact) mass is 549 g/mol. The van der Waals surface area contributed by atoms with Crippen LogP contribution in [0, 0.1) is 11.7 Å². The summed E-state index contributed by atoms with van der Waals surface area (Å²) in [6.07, 6.45) is 10.3. The second-order valence-corrected chi connectivity index (χ2v) is 12.1. The molecule has 216 valence electrons. The van der Waals surface area contributed by atoms with Crippen LogP contribution in [0.5, 0.6) is 0 Å². The van der Waals surface area contributed by atoms with Gasteiger partial charge in [0, 0.05) is 29.9 Å². The zero-order valence-corrected chi connectivity index (χ0v) is 24.1. The number of hydrogen-bond donors (Lipinski definition) is 3. The van der Waals surface area contributed by atoms with Gasteiger partial charge in [0.15, 0.2) is 0 Å². The number of carbonyl (C=O) groups excluding carboxylic acids is 2. The van der Waals surface area contributed by atoms with E-state index in [1.807, 2.05) is 6.92 Å². The van der Waals surface area contributed by atoms with Crippen molar-refractivity contribution in [3.8, 4) is 0 Å². The van der Waals surface area contributed by atoms with E-state index in [-0.39, 0.29) is 24.2 Å². The summed E-state index contributed by atoms with van der Waals surface area (Å²) in [5.41, 5.74) is 6.61. The lowest BCUT2D eigenvalue weighted by atomic mass is 9.79. The number of aliphatic hydroxyl groups is 1. The molecule has 2 aliphatic heterocycles. The molecule has 3 N–H and O–H groups in total. The zero-order valence-electron chi connectivity index (χ0n) is 24.1. The predicted molar refractivity (Wildman–Crippen MR) is 157 cm³/mol. The molecule has 2 heterocycles. The second kappa shape index (κ2) is 12.8. The summed E-state index contributed by atoms with van der Waals surface area (Å²) >= 11 is 0. The van der Waals surface area contributed by atoms with Crippen LogP contribution in [-0.4, -0.2) is 54.1 Å². The Kier molecular flexibility index (Phi) is 9.21. The Bertz CT molecular complexity index is 1250. The minimum atomic E-state index is -0.621. The van der Waals surface area contributed by atoms with E-state index in [9.17, 15) is 19.1 Å². The smallest absolute Gasteiger partial charge is 0.256 e. The number of allylic oxidation sites excluding steroid dienone is 3. The molecule has 0 spiro atoms. The molecule has 0 radical (unpaired) electrons. The number of fused-ring (bicyclic) bond motifs is 1. The van der Waals surface area contributed by atoms with Crippen LogP contribution >= 0.6 is 0 Å². The largest absolute Gasteiger partial charge is 0.390 e. The van der Waals surface area contributed by atoms with E-state index in [0.717, 1.165) is 79.8 Å². The molecule has 0 bridgehead atoms. The first-order valence-corrected chi connectivity index (χ1v) is 15.3. The van der Waals surface area contributed by atoms with Gasteiger partial charge in [-0.3, -0.25) is 9.59 Å². The average molecular weight is 550 g/mol. The maximum atomic E-state index is 14.2. The highest BCUT2D eigenvalue weighted by molar-refractivity contribution is 6.32. The third kappa shape index (κ3) is 6.26. The highest BCUT2D eigenvalue weighted by Gasteiger charge is 2.34. The first-order chi connectivity index (χ1) is 19.4. The summed E-state index contributed by atoms with van der Waals surface area (Å²) < 4.78 is 14.2. The first kappa shape index (κ1) is 28.7. The van der Waals surface area contributed by atoms with Crippen LogP contribution in [0.3, 0.4) is 0 Å². The lowest BCUT2D eigenvalue weighted by Gasteiger charge is -2.26. The molecule has 0 saturated carbocycles. The van der Waals surface area contributed by atoms with Gasteiger partial charge in [0.2, 0.25) is 0 Å². The number of carbonyl (C=O) groups is 2. The SMILES string of the molecule is CCCC1CCCN(CC(O)CNC(=O)C2=C(C)CCCC3=C2CCC/C3=C2/C(=O)Nc3ccc(F)cc32)CC1. The molecule has 2 atom stereocenters. The molecular formula is C33H44FN3O3. The number of aliphatic hydroxyl groups excluding tert-OH is 1. The summed E-state index contributed by atoms with van der Waals surface area (Å²) in [5.74, 6) is 0.0866. The van der Waals surface area contributed by atoms with Crippen LogP contribution < -0.4 is 10.6 Å². The van der Waals surface area contributed by atoms with Gasteiger partial charge in [-0.15, -0.1) is 0 Å². The Morgan fingerprint density at radius 2 is 1.88 bits per heavy atom. The van der Waals surface area contributed by atoms with Gasteiger partial charge in [0.25, 0.3) is 11.8 Å². The number of β-amino-alcohol motifs (C(OH)–C–C–N with tert-alkyl or cyclic N) is 1. The van der Waals surface area contributed by atoms with Crippen molar-refractivity contribution < 1.29 is 19.1 Å². The first-order valence-electron chi connectivity index (χ1n) is 15.3. The molecule has 5 rings (SSSR count). The average Bonchev–Trinajstić information content (AvgIpc) is 3.04. The van der Waals surface area contributed by atoms with Crippen LogP contribution in [0.25, 0.3) is 5.57 Å². The highest BCUT2D eigenvalue weighted by Crippen LogP contribution is 2.46. The van der Waals surface area contributed by atoms with Gasteiger partial charge >= 0.3 is 0 Å². The van der Waals surface area contributed by atoms with E-state index in [1.54, 1.807) is 6.07 Å². The van der Waals surface area contributed by atoms with Crippen molar-refractivity contribution in [3.63, 3.8) is 0 Å². The van der Waals surface area contributed by atoms with Crippen LogP contribution in [-0.2, 0) is 9.59 Å². The van der Waals surface area contributed by atoms with Crippen molar-refractivity contribution in [1.29, 1.82) is 0 Å². The molecule has 1 fully saturated rings. The lowest BCUT2D eigenvalue weighted by Crippen LogP contribution is -2.41. The van der Waals surface area contributed by atoms with Crippen molar-refractivity contribution in [2.75, 3.05) is 31.5 Å². The number of halogens is 1. The standard InChI is InChI=1S/C33H44FN3O3/c1-3-7-22-9-6-16-37(17-15-22)20-24(38)19-35-32(39)30-21(2)8-4-10-25-26(30)11-5-12-27(25)31-28-18-23(34)13-14-29(28)36-33(31)40/h13-14,18,22,24,38H,3-12,15-17,19-20H2,1-2H3,(H,35,39)(H,36,40)/b31-27-. The molecule has 4 aliphatic rings. The van der Waals surface area contributed by atoms with Gasteiger partial charge in [-0.2, -0.15) is 0 Å². The molecule has 1 aromatic rings. The van der Waals surface area contributed by atoms with E-state index in [0.29, 0.717) is 28.9 Å². The van der Waals surface area contributed by atoms with Gasteiger partial charge < -0.3 is 20.6 Å². The summed E-state index contributed by atoms with van der Waals surface area (Å²) in [4.78, 5) is 29.0. The van der Waals surface area contributed by atoms with Crippen molar-refractivity contribution in [2.24, 2.45) is 5.92 Å². The van der Waals surface area contributed by atoms with Crippen molar-refractivity contribution in [3.05, 3.63) is 57.4 Å². The molecule has 0 aromatic heterocycles. The Balaban J connectivity index is 1.32. The van der Waals surface area contributed by atoms with Crippen molar-refractivity contribution in [2.45, 2.75) is 90.6 Å². The number of hydrogen-bond acceptors (Lipinski definition) is 4. The fourth-order valence-electron chi connectivity index (χ4n) is 7.23. The maximum Gasteiger partial charge on any atom is 0.256 e. The lowest BCUT2D eigenvalue weighted by molar-refractivity contribution is -0.117. The fraction of sp³-hybridized carbons (Fsp3) is 0.576. The number of anilines is 1. The third-order valence-electron chi connectivity index (χ3n) is 9.15. The number of likely N-dealkylation sites (tertiary alicyclic amines) is 1. The number of benzene rings is 1. The van der Waals surface area contributed by atoms with Crippen LogP contribution in [0.1, 0.15) is 90.0 Å². The number of nitrogens with zero attached hydrogens (tertiary/aromatic N) is 1. The zero-order chi connectivity index (χ0) is 28.2. The van der Waals surface area contributed by atoms with Crippen molar-refractivity contribution >= 4 is 23.1 Å². The van der Waals surface area contributed by atoms with E-state index >= 15 is 0 Å². The number of rotatable bonds is 7. The quantitative estimate of drug-likeness (QED) is 0.371. The van der Waals surface area contributed by atoms with Gasteiger partial charge in [-0.25, -0.2) is 4.39 Å². The molecule has 6 nitrogen and oxygen atoms in total. The second-order valence-electron chi connectivity index (χ2n) is 12.1. The van der Waals surface area contributed by atoms with Gasteiger partial charge in [0.05, 0.1) is 11.7 Å². The predicted octanol–water partition coefficient (Wildman–Crippen LogP) is 5.89. The summed E-state index contributed by atoms with van der Waals surface area (Å²) in [7, 11) is 0. The Hall–Kier alpha value is -2.77. The summed E-state index contributed by atoms with van der Waals surface area (Å²) in [6.45, 7) is 7.08. The molecule has 1 aromatic carbocycles. The van der Waals surface area contributed by atoms with Gasteiger partial charge in [0.1, 0.15) is 5.82 Å². The molecule has 2 aliphatic carbocycles. The fourth-order valence-corrected chi connectivity index (χ4v) is 7.23. The van der Waals surface area contributed by atoms with E-state index in [1.165, 1.54) is 44.2 Å². The van der Waals surface area contributed by atoms with Crippen molar-refractivity contribution in [1.82, 2.24) is 10.2 Å². The Morgan fingerprint density at radius 1 is 1.10 bits per heavy atom.